The number of ether oxygens (including phenoxy) is 1. The maximum atomic E-state index is 6.10. The van der Waals surface area contributed by atoms with Gasteiger partial charge in [0.05, 0.1) is 13.4 Å². The molecule has 0 aliphatic carbocycles. The van der Waals surface area contributed by atoms with E-state index < -0.39 is 0 Å². The molecule has 0 fully saturated rings. The molecule has 3 heterocycles. The van der Waals surface area contributed by atoms with Crippen LogP contribution in [0.5, 0.6) is 5.75 Å². The molecule has 4 aromatic rings. The highest BCUT2D eigenvalue weighted by Gasteiger charge is 2.17. The number of nitrogens with two attached hydrogens (primary N) is 1. The Balaban J connectivity index is 1.53. The normalized spacial score (nSPS) is 11.0. The van der Waals surface area contributed by atoms with Gasteiger partial charge in [0.1, 0.15) is 5.75 Å². The fourth-order valence-corrected chi connectivity index (χ4v) is 2.90. The lowest BCUT2D eigenvalue weighted by Gasteiger charge is -2.07. The monoisotopic (exact) mass is 364 g/mol. The average Bonchev–Trinajstić information content (AvgIpc) is 3.31. The van der Waals surface area contributed by atoms with Crippen molar-refractivity contribution in [1.29, 1.82) is 0 Å². The average molecular weight is 364 g/mol. The molecule has 0 aliphatic rings. The van der Waals surface area contributed by atoms with Gasteiger partial charge < -0.3 is 24.8 Å². The molecule has 138 valence electrons. The van der Waals surface area contributed by atoms with Crippen LogP contribution in [0.3, 0.4) is 0 Å². The summed E-state index contributed by atoms with van der Waals surface area (Å²) in [7, 11) is 3.53. The number of imidazole rings is 1. The van der Waals surface area contributed by atoms with E-state index in [0.717, 1.165) is 12.2 Å². The molecule has 0 unspecified atom stereocenters. The molecule has 0 spiro atoms. The number of nitrogen functional groups attached to an aromatic ring is 1. The number of aryl methyl sites for hydroxylation is 1. The zero-order valence-corrected chi connectivity index (χ0v) is 15.1. The second kappa shape index (κ2) is 6.99. The lowest BCUT2D eigenvalue weighted by atomic mass is 10.1. The summed E-state index contributed by atoms with van der Waals surface area (Å²) in [4.78, 5) is 13.4. The number of furan rings is 1. The van der Waals surface area contributed by atoms with Gasteiger partial charge in [-0.3, -0.25) is 0 Å². The number of methoxy groups -OCH3 is 1. The molecule has 0 atom stereocenters. The summed E-state index contributed by atoms with van der Waals surface area (Å²) in [6.45, 7) is 0.681. The third kappa shape index (κ3) is 3.29. The van der Waals surface area contributed by atoms with E-state index in [9.17, 15) is 0 Å². The molecular weight excluding hydrogens is 344 g/mol. The first-order valence-electron chi connectivity index (χ1n) is 8.56. The Kier molecular flexibility index (Phi) is 4.37. The van der Waals surface area contributed by atoms with Crippen LogP contribution < -0.4 is 15.8 Å². The minimum atomic E-state index is 0.334. The van der Waals surface area contributed by atoms with Crippen LogP contribution in [0, 0.1) is 0 Å². The molecule has 27 heavy (non-hydrogen) atoms. The predicted octanol–water partition coefficient (Wildman–Crippen LogP) is 2.87. The summed E-state index contributed by atoms with van der Waals surface area (Å²) in [5, 5.41) is 3.23. The number of hydrogen-bond acceptors (Lipinski definition) is 7. The second-order valence-corrected chi connectivity index (χ2v) is 6.10. The van der Waals surface area contributed by atoms with E-state index >= 15 is 0 Å². The van der Waals surface area contributed by atoms with Gasteiger partial charge in [-0.05, 0) is 36.2 Å². The van der Waals surface area contributed by atoms with Crippen molar-refractivity contribution in [3.63, 3.8) is 0 Å². The van der Waals surface area contributed by atoms with Crippen molar-refractivity contribution in [2.45, 2.75) is 6.42 Å². The number of nitrogens with one attached hydrogen (secondary N) is 1. The molecule has 8 nitrogen and oxygen atoms in total. The summed E-state index contributed by atoms with van der Waals surface area (Å²) in [6.07, 6.45) is 2.43. The smallest absolute Gasteiger partial charge is 0.226 e. The van der Waals surface area contributed by atoms with Crippen molar-refractivity contribution in [1.82, 2.24) is 19.5 Å². The zero-order valence-electron chi connectivity index (χ0n) is 15.1. The van der Waals surface area contributed by atoms with Gasteiger partial charge in [-0.15, -0.1) is 0 Å². The van der Waals surface area contributed by atoms with Gasteiger partial charge in [0.25, 0.3) is 0 Å². The lowest BCUT2D eigenvalue weighted by Crippen LogP contribution is -2.10. The molecule has 0 saturated heterocycles. The quantitative estimate of drug-likeness (QED) is 0.542. The van der Waals surface area contributed by atoms with Crippen molar-refractivity contribution >= 4 is 22.9 Å². The van der Waals surface area contributed by atoms with Gasteiger partial charge in [0.2, 0.25) is 5.95 Å². The number of rotatable bonds is 6. The Morgan fingerprint density at radius 1 is 1.15 bits per heavy atom. The summed E-state index contributed by atoms with van der Waals surface area (Å²) < 4.78 is 12.5. The van der Waals surface area contributed by atoms with Gasteiger partial charge in [-0.2, -0.15) is 9.97 Å². The van der Waals surface area contributed by atoms with Crippen LogP contribution in [0.1, 0.15) is 5.56 Å². The first-order valence-corrected chi connectivity index (χ1v) is 8.56. The summed E-state index contributed by atoms with van der Waals surface area (Å²) in [5.74, 6) is 2.97. The van der Waals surface area contributed by atoms with Gasteiger partial charge in [-0.25, -0.2) is 4.98 Å². The summed E-state index contributed by atoms with van der Waals surface area (Å²) in [6, 6.07) is 11.6. The Bertz CT molecular complexity index is 1050. The van der Waals surface area contributed by atoms with Crippen molar-refractivity contribution in [3.8, 4) is 17.3 Å². The molecular formula is C19H20N6O2. The van der Waals surface area contributed by atoms with E-state index in [2.05, 4.69) is 20.3 Å². The largest absolute Gasteiger partial charge is 0.497 e. The highest BCUT2D eigenvalue weighted by atomic mass is 16.5. The maximum Gasteiger partial charge on any atom is 0.226 e. The van der Waals surface area contributed by atoms with E-state index in [1.54, 1.807) is 13.4 Å². The molecule has 3 N–H and O–H groups in total. The first kappa shape index (κ1) is 16.9. The fraction of sp³-hybridized carbons (Fsp3) is 0.211. The fourth-order valence-electron chi connectivity index (χ4n) is 2.90. The third-order valence-corrected chi connectivity index (χ3v) is 4.34. The first-order chi connectivity index (χ1) is 13.2. The van der Waals surface area contributed by atoms with Crippen molar-refractivity contribution in [2.24, 2.45) is 7.05 Å². The number of aromatic nitrogens is 4. The van der Waals surface area contributed by atoms with Crippen LogP contribution in [-0.2, 0) is 13.5 Å². The molecule has 0 aliphatic heterocycles. The topological polar surface area (TPSA) is 104 Å². The number of benzene rings is 1. The SMILES string of the molecule is COc1ccc(CCNc2nc(N)c3nc(-c4ccco4)n(C)c3n2)cc1. The van der Waals surface area contributed by atoms with Crippen LogP contribution in [0.4, 0.5) is 11.8 Å². The van der Waals surface area contributed by atoms with E-state index in [-0.39, 0.29) is 0 Å². The van der Waals surface area contributed by atoms with Crippen LogP contribution in [0.15, 0.2) is 47.1 Å². The third-order valence-electron chi connectivity index (χ3n) is 4.34. The molecule has 4 rings (SSSR count). The molecule has 1 aromatic carbocycles. The Morgan fingerprint density at radius 3 is 2.67 bits per heavy atom. The van der Waals surface area contributed by atoms with Gasteiger partial charge >= 0.3 is 0 Å². The number of hydrogen-bond donors (Lipinski definition) is 2. The Morgan fingerprint density at radius 2 is 1.96 bits per heavy atom. The minimum Gasteiger partial charge on any atom is -0.497 e. The van der Waals surface area contributed by atoms with Crippen LogP contribution >= 0.6 is 0 Å². The number of nitrogens with zero attached hydrogens (tertiary/aromatic N) is 4. The lowest BCUT2D eigenvalue weighted by molar-refractivity contribution is 0.414. The molecule has 0 saturated carbocycles. The van der Waals surface area contributed by atoms with Crippen molar-refractivity contribution < 1.29 is 9.15 Å². The van der Waals surface area contributed by atoms with Crippen LogP contribution in [-0.4, -0.2) is 33.2 Å². The molecule has 8 heteroatoms. The van der Waals surface area contributed by atoms with Crippen molar-refractivity contribution in [2.75, 3.05) is 24.7 Å². The van der Waals surface area contributed by atoms with Crippen LogP contribution in [0.2, 0.25) is 0 Å². The summed E-state index contributed by atoms with van der Waals surface area (Å²) in [5.41, 5.74) is 8.50. The standard InChI is InChI=1S/C19H20N6O2/c1-25-17(14-4-3-11-27-14)22-15-16(20)23-19(24-18(15)25)21-10-9-12-5-7-13(26-2)8-6-12/h3-8,11H,9-10H2,1-2H3,(H3,20,21,23,24). The zero-order chi connectivity index (χ0) is 18.8. The predicted molar refractivity (Wildman–Crippen MR) is 104 cm³/mol. The van der Waals surface area contributed by atoms with Gasteiger partial charge in [0.15, 0.2) is 28.6 Å². The van der Waals surface area contributed by atoms with Gasteiger partial charge in [0, 0.05) is 13.6 Å². The maximum absolute atomic E-state index is 6.10. The Hall–Kier alpha value is -3.55. The minimum absolute atomic E-state index is 0.334. The number of anilines is 2. The summed E-state index contributed by atoms with van der Waals surface area (Å²) >= 11 is 0. The highest BCUT2D eigenvalue weighted by Crippen LogP contribution is 2.26. The Labute approximate surface area is 156 Å². The van der Waals surface area contributed by atoms with Crippen molar-refractivity contribution in [3.05, 3.63) is 48.2 Å². The molecule has 0 amide bonds. The van der Waals surface area contributed by atoms with Gasteiger partial charge in [-0.1, -0.05) is 12.1 Å². The van der Waals surface area contributed by atoms with Crippen LogP contribution in [0.25, 0.3) is 22.7 Å². The van der Waals surface area contributed by atoms with E-state index in [4.69, 9.17) is 14.9 Å². The molecule has 0 bridgehead atoms. The number of fused-ring (bicyclic) bond motifs is 1. The van der Waals surface area contributed by atoms with E-state index in [1.807, 2.05) is 48.0 Å². The van der Waals surface area contributed by atoms with E-state index in [1.165, 1.54) is 5.56 Å². The van der Waals surface area contributed by atoms with E-state index in [0.29, 0.717) is 41.1 Å². The highest BCUT2D eigenvalue weighted by molar-refractivity contribution is 5.85. The second-order valence-electron chi connectivity index (χ2n) is 6.10. The molecule has 0 radical (unpaired) electrons. The molecule has 3 aromatic heterocycles.